The van der Waals surface area contributed by atoms with E-state index in [1.807, 2.05) is 13.8 Å². The van der Waals surface area contributed by atoms with E-state index >= 15 is 0 Å². The Hall–Kier alpha value is -2.15. The topological polar surface area (TPSA) is 91.8 Å². The van der Waals surface area contributed by atoms with Crippen LogP contribution in [0.25, 0.3) is 11.0 Å². The second kappa shape index (κ2) is 6.76. The van der Waals surface area contributed by atoms with Crippen LogP contribution in [0.4, 0.5) is 0 Å². The maximum absolute atomic E-state index is 12.1. The summed E-state index contributed by atoms with van der Waals surface area (Å²) in [5, 5.41) is 9.72. The summed E-state index contributed by atoms with van der Waals surface area (Å²) in [6.07, 6.45) is 3.30. The Labute approximate surface area is 140 Å². The van der Waals surface area contributed by atoms with Gasteiger partial charge in [-0.15, -0.1) is 0 Å². The van der Waals surface area contributed by atoms with Crippen LogP contribution < -0.4 is 16.2 Å². The number of nitrogens with zero attached hydrogens (tertiary/aromatic N) is 2. The molecule has 0 saturated carbocycles. The van der Waals surface area contributed by atoms with Crippen LogP contribution in [0.15, 0.2) is 4.79 Å². The number of carbonyl (C=O) groups is 1. The number of hydrogen-bond donors (Lipinski definition) is 3. The quantitative estimate of drug-likeness (QED) is 0.751. The van der Waals surface area contributed by atoms with Gasteiger partial charge in [-0.2, -0.15) is 0 Å². The van der Waals surface area contributed by atoms with Gasteiger partial charge in [0.15, 0.2) is 5.65 Å². The van der Waals surface area contributed by atoms with Crippen LogP contribution in [-0.4, -0.2) is 39.8 Å². The molecule has 3 rings (SSSR count). The summed E-state index contributed by atoms with van der Waals surface area (Å²) in [5.41, 5.74) is 3.32. The van der Waals surface area contributed by atoms with Crippen molar-refractivity contribution < 1.29 is 4.79 Å². The average Bonchev–Trinajstić information content (AvgIpc) is 3.13. The third-order valence-corrected chi connectivity index (χ3v) is 4.89. The number of aromatic amines is 1. The highest BCUT2D eigenvalue weighted by molar-refractivity contribution is 5.81. The van der Waals surface area contributed by atoms with Gasteiger partial charge in [0.1, 0.15) is 0 Å². The van der Waals surface area contributed by atoms with Crippen molar-refractivity contribution in [3.05, 3.63) is 27.2 Å². The minimum absolute atomic E-state index is 0.0459. The number of pyridine rings is 1. The molecular weight excluding hydrogens is 306 g/mol. The fourth-order valence-corrected chi connectivity index (χ4v) is 3.51. The zero-order valence-corrected chi connectivity index (χ0v) is 14.5. The van der Waals surface area contributed by atoms with Gasteiger partial charge >= 0.3 is 0 Å². The van der Waals surface area contributed by atoms with Crippen LogP contribution in [0.3, 0.4) is 0 Å². The van der Waals surface area contributed by atoms with E-state index in [0.29, 0.717) is 36.5 Å². The SMILES string of the molecule is Cc1nc2c(c(C)c1CCC(=O)NCC1CCCN1)c(=O)[nH]n2C. The first kappa shape index (κ1) is 16.7. The molecule has 1 saturated heterocycles. The molecule has 0 aliphatic carbocycles. The molecule has 0 radical (unpaired) electrons. The highest BCUT2D eigenvalue weighted by Crippen LogP contribution is 2.21. The zero-order valence-electron chi connectivity index (χ0n) is 14.5. The van der Waals surface area contributed by atoms with Crippen LogP contribution in [0.5, 0.6) is 0 Å². The van der Waals surface area contributed by atoms with Crippen LogP contribution >= 0.6 is 0 Å². The van der Waals surface area contributed by atoms with Crippen molar-refractivity contribution in [2.45, 2.75) is 45.6 Å². The Morgan fingerprint density at radius 1 is 1.42 bits per heavy atom. The van der Waals surface area contributed by atoms with Crippen LogP contribution in [0.2, 0.25) is 0 Å². The number of rotatable bonds is 5. The monoisotopic (exact) mass is 331 g/mol. The number of aryl methyl sites for hydroxylation is 3. The molecule has 1 unspecified atom stereocenters. The van der Waals surface area contributed by atoms with Gasteiger partial charge < -0.3 is 10.6 Å². The van der Waals surface area contributed by atoms with Gasteiger partial charge in [0, 0.05) is 31.7 Å². The van der Waals surface area contributed by atoms with Gasteiger partial charge in [0.25, 0.3) is 5.56 Å². The first-order chi connectivity index (χ1) is 11.5. The van der Waals surface area contributed by atoms with E-state index in [-0.39, 0.29) is 11.5 Å². The molecular formula is C17H25N5O2. The van der Waals surface area contributed by atoms with E-state index in [4.69, 9.17) is 0 Å². The molecule has 130 valence electrons. The Morgan fingerprint density at radius 3 is 2.92 bits per heavy atom. The smallest absolute Gasteiger partial charge is 0.273 e. The van der Waals surface area contributed by atoms with Gasteiger partial charge in [-0.1, -0.05) is 0 Å². The molecule has 7 nitrogen and oxygen atoms in total. The van der Waals surface area contributed by atoms with Gasteiger partial charge in [-0.3, -0.25) is 19.4 Å². The van der Waals surface area contributed by atoms with E-state index in [9.17, 15) is 9.59 Å². The van der Waals surface area contributed by atoms with E-state index in [1.54, 1.807) is 11.7 Å². The van der Waals surface area contributed by atoms with Crippen molar-refractivity contribution in [1.29, 1.82) is 0 Å². The lowest BCUT2D eigenvalue weighted by Crippen LogP contribution is -2.37. The summed E-state index contributed by atoms with van der Waals surface area (Å²) in [6.45, 7) is 5.59. The van der Waals surface area contributed by atoms with E-state index < -0.39 is 0 Å². The molecule has 0 spiro atoms. The largest absolute Gasteiger partial charge is 0.355 e. The molecule has 1 aliphatic heterocycles. The molecule has 2 aromatic rings. The first-order valence-electron chi connectivity index (χ1n) is 8.52. The van der Waals surface area contributed by atoms with E-state index in [0.717, 1.165) is 29.8 Å². The van der Waals surface area contributed by atoms with Gasteiger partial charge in [-0.05, 0) is 50.8 Å². The number of nitrogens with one attached hydrogen (secondary N) is 3. The number of H-pyrrole nitrogens is 1. The molecule has 1 amide bonds. The third kappa shape index (κ3) is 3.21. The summed E-state index contributed by atoms with van der Waals surface area (Å²) in [7, 11) is 1.78. The minimum Gasteiger partial charge on any atom is -0.355 e. The van der Waals surface area contributed by atoms with Crippen molar-refractivity contribution >= 4 is 16.9 Å². The normalized spacial score (nSPS) is 17.5. The van der Waals surface area contributed by atoms with Crippen molar-refractivity contribution in [3.8, 4) is 0 Å². The number of hydrogen-bond acceptors (Lipinski definition) is 4. The summed E-state index contributed by atoms with van der Waals surface area (Å²) in [6, 6.07) is 0.401. The molecule has 2 aromatic heterocycles. The standard InChI is InChI=1S/C17H25N5O2/c1-10-13(6-7-14(23)19-9-12-5-4-8-18-12)11(2)20-16-15(10)17(24)21-22(16)3/h12,18H,4-9H2,1-3H3,(H,19,23)(H,21,24). The Balaban J connectivity index is 1.69. The van der Waals surface area contributed by atoms with Crippen molar-refractivity contribution in [2.75, 3.05) is 13.1 Å². The summed E-state index contributed by atoms with van der Waals surface area (Å²) < 4.78 is 1.64. The highest BCUT2D eigenvalue weighted by Gasteiger charge is 2.17. The predicted molar refractivity (Wildman–Crippen MR) is 93.2 cm³/mol. The lowest BCUT2D eigenvalue weighted by atomic mass is 10.00. The Kier molecular flexibility index (Phi) is 4.71. The lowest BCUT2D eigenvalue weighted by Gasteiger charge is -2.13. The Morgan fingerprint density at radius 2 is 2.21 bits per heavy atom. The fourth-order valence-electron chi connectivity index (χ4n) is 3.51. The number of carbonyl (C=O) groups excluding carboxylic acids is 1. The van der Waals surface area contributed by atoms with E-state index in [1.165, 1.54) is 6.42 Å². The van der Waals surface area contributed by atoms with Crippen LogP contribution in [0.1, 0.15) is 36.1 Å². The maximum Gasteiger partial charge on any atom is 0.273 e. The molecule has 1 atom stereocenters. The second-order valence-corrected chi connectivity index (χ2v) is 6.60. The van der Waals surface area contributed by atoms with Gasteiger partial charge in [0.2, 0.25) is 5.91 Å². The maximum atomic E-state index is 12.1. The molecule has 1 fully saturated rings. The molecule has 3 N–H and O–H groups in total. The third-order valence-electron chi connectivity index (χ3n) is 4.89. The zero-order chi connectivity index (χ0) is 17.3. The Bertz CT molecular complexity index is 814. The second-order valence-electron chi connectivity index (χ2n) is 6.60. The van der Waals surface area contributed by atoms with Gasteiger partial charge in [-0.25, -0.2) is 4.98 Å². The minimum atomic E-state index is -0.129. The van der Waals surface area contributed by atoms with Crippen molar-refractivity contribution in [3.63, 3.8) is 0 Å². The van der Waals surface area contributed by atoms with Gasteiger partial charge in [0.05, 0.1) is 5.39 Å². The van der Waals surface area contributed by atoms with Crippen molar-refractivity contribution in [1.82, 2.24) is 25.4 Å². The number of aromatic nitrogens is 3. The fraction of sp³-hybridized carbons (Fsp3) is 0.588. The van der Waals surface area contributed by atoms with Crippen LogP contribution in [-0.2, 0) is 18.3 Å². The molecule has 7 heteroatoms. The molecule has 24 heavy (non-hydrogen) atoms. The number of fused-ring (bicyclic) bond motifs is 1. The van der Waals surface area contributed by atoms with E-state index in [2.05, 4.69) is 20.7 Å². The van der Waals surface area contributed by atoms with Crippen molar-refractivity contribution in [2.24, 2.45) is 7.05 Å². The molecule has 1 aliphatic rings. The highest BCUT2D eigenvalue weighted by atomic mass is 16.1. The van der Waals surface area contributed by atoms with Crippen LogP contribution in [0, 0.1) is 13.8 Å². The predicted octanol–water partition coefficient (Wildman–Crippen LogP) is 0.679. The summed E-state index contributed by atoms with van der Waals surface area (Å²) in [5.74, 6) is 0.0459. The summed E-state index contributed by atoms with van der Waals surface area (Å²) in [4.78, 5) is 28.7. The number of amides is 1. The average molecular weight is 331 g/mol. The summed E-state index contributed by atoms with van der Waals surface area (Å²) >= 11 is 0. The first-order valence-corrected chi connectivity index (χ1v) is 8.52. The molecule has 3 heterocycles. The molecule has 0 aromatic carbocycles. The lowest BCUT2D eigenvalue weighted by molar-refractivity contribution is -0.121. The molecule has 0 bridgehead atoms.